The molecule has 0 rings (SSSR count). The van der Waals surface area contributed by atoms with Crippen LogP contribution in [0.4, 0.5) is 0 Å². The van der Waals surface area contributed by atoms with Crippen LogP contribution >= 0.6 is 7.82 Å². The third-order valence-electron chi connectivity index (χ3n) is 11.5. The van der Waals surface area contributed by atoms with E-state index < -0.39 is 20.0 Å². The molecule has 0 aromatic heterocycles. The summed E-state index contributed by atoms with van der Waals surface area (Å²) >= 11 is 0. The lowest BCUT2D eigenvalue weighted by Crippen LogP contribution is -2.46. The SMILES string of the molecule is CC/C=C\C/C=C\C/C=C\C/C=C\C/C=C\C/C=C\CCC(=O)NC(COP(=O)([O-])OCC[N+](C)(C)C)C(O)CCCCCCCCCCCCCCCCCCCCCCCCC. The molecule has 0 aromatic rings. The van der Waals surface area contributed by atoms with Crippen molar-refractivity contribution < 1.29 is 32.9 Å². The van der Waals surface area contributed by atoms with Gasteiger partial charge in [-0.3, -0.25) is 9.36 Å². The Bertz CT molecular complexity index is 1270. The molecule has 64 heavy (non-hydrogen) atoms. The maximum Gasteiger partial charge on any atom is 0.268 e. The van der Waals surface area contributed by atoms with Crippen LogP contribution in [-0.4, -0.2) is 68.5 Å². The van der Waals surface area contributed by atoms with E-state index in [1.807, 2.05) is 33.3 Å². The molecule has 0 fully saturated rings. The summed E-state index contributed by atoms with van der Waals surface area (Å²) in [6.07, 6.45) is 62.3. The Morgan fingerprint density at radius 1 is 0.562 bits per heavy atom. The van der Waals surface area contributed by atoms with Crippen LogP contribution in [0.1, 0.15) is 219 Å². The number of carbonyl (C=O) groups is 1. The molecular formula is C55H101N2O6P. The van der Waals surface area contributed by atoms with E-state index in [9.17, 15) is 19.4 Å². The Labute approximate surface area is 395 Å². The molecule has 8 nitrogen and oxygen atoms in total. The summed E-state index contributed by atoms with van der Waals surface area (Å²) in [5.74, 6) is -0.247. The third kappa shape index (κ3) is 47.9. The molecule has 0 aliphatic carbocycles. The van der Waals surface area contributed by atoms with Gasteiger partial charge in [0.15, 0.2) is 0 Å². The Hall–Kier alpha value is -2.06. The zero-order chi connectivity index (χ0) is 47.1. The molecule has 0 saturated carbocycles. The molecule has 0 heterocycles. The van der Waals surface area contributed by atoms with Crippen LogP contribution in [0.2, 0.25) is 0 Å². The quantitative estimate of drug-likeness (QED) is 0.0272. The molecule has 0 radical (unpaired) electrons. The summed E-state index contributed by atoms with van der Waals surface area (Å²) in [5.41, 5.74) is 0. The number of amides is 1. The fourth-order valence-corrected chi connectivity index (χ4v) is 8.08. The second-order valence-electron chi connectivity index (χ2n) is 18.9. The van der Waals surface area contributed by atoms with Gasteiger partial charge < -0.3 is 28.8 Å². The van der Waals surface area contributed by atoms with Crippen molar-refractivity contribution in [1.82, 2.24) is 5.32 Å². The maximum atomic E-state index is 12.9. The number of phosphoric ester groups is 1. The minimum absolute atomic E-state index is 0.00464. The van der Waals surface area contributed by atoms with Crippen molar-refractivity contribution in [2.24, 2.45) is 0 Å². The number of hydrogen-bond acceptors (Lipinski definition) is 6. The first kappa shape index (κ1) is 61.9. The average Bonchev–Trinajstić information content (AvgIpc) is 3.25. The van der Waals surface area contributed by atoms with Crippen LogP contribution in [0.5, 0.6) is 0 Å². The lowest BCUT2D eigenvalue weighted by Gasteiger charge is -2.30. The molecular weight excluding hydrogens is 816 g/mol. The predicted octanol–water partition coefficient (Wildman–Crippen LogP) is 14.9. The highest BCUT2D eigenvalue weighted by Crippen LogP contribution is 2.38. The first-order chi connectivity index (χ1) is 31.0. The normalized spacial score (nSPS) is 14.7. The van der Waals surface area contributed by atoms with Crippen LogP contribution in [0.3, 0.4) is 0 Å². The number of aliphatic hydroxyl groups is 1. The van der Waals surface area contributed by atoms with Gasteiger partial charge in [0.2, 0.25) is 5.91 Å². The maximum absolute atomic E-state index is 12.9. The van der Waals surface area contributed by atoms with Crippen molar-refractivity contribution >= 4 is 13.7 Å². The Balaban J connectivity index is 4.34. The van der Waals surface area contributed by atoms with E-state index in [-0.39, 0.29) is 25.5 Å². The molecule has 2 N–H and O–H groups in total. The van der Waals surface area contributed by atoms with Crippen LogP contribution in [-0.2, 0) is 18.4 Å². The van der Waals surface area contributed by atoms with E-state index in [2.05, 4.69) is 79.9 Å². The summed E-state index contributed by atoms with van der Waals surface area (Å²) in [6.45, 7) is 4.56. The number of allylic oxidation sites excluding steroid dienone is 12. The second kappa shape index (κ2) is 46.1. The monoisotopic (exact) mass is 917 g/mol. The third-order valence-corrected chi connectivity index (χ3v) is 12.4. The zero-order valence-corrected chi connectivity index (χ0v) is 43.1. The number of rotatable bonds is 47. The number of hydrogen-bond donors (Lipinski definition) is 2. The molecule has 0 spiro atoms. The molecule has 1 amide bonds. The predicted molar refractivity (Wildman–Crippen MR) is 274 cm³/mol. The molecule has 0 aliphatic heterocycles. The van der Waals surface area contributed by atoms with Gasteiger partial charge in [-0.05, 0) is 51.4 Å². The second-order valence-corrected chi connectivity index (χ2v) is 20.3. The van der Waals surface area contributed by atoms with Gasteiger partial charge in [0.25, 0.3) is 7.82 Å². The van der Waals surface area contributed by atoms with E-state index in [1.165, 1.54) is 128 Å². The van der Waals surface area contributed by atoms with Gasteiger partial charge in [-0.15, -0.1) is 0 Å². The van der Waals surface area contributed by atoms with Gasteiger partial charge in [-0.2, -0.15) is 0 Å². The van der Waals surface area contributed by atoms with Crippen LogP contribution in [0.15, 0.2) is 72.9 Å². The van der Waals surface area contributed by atoms with Crippen molar-refractivity contribution in [2.75, 3.05) is 40.9 Å². The molecule has 0 saturated heterocycles. The summed E-state index contributed by atoms with van der Waals surface area (Å²) in [7, 11) is 1.25. The summed E-state index contributed by atoms with van der Waals surface area (Å²) in [6, 6.07) is -0.846. The molecule has 3 atom stereocenters. The lowest BCUT2D eigenvalue weighted by atomic mass is 10.0. The molecule has 3 unspecified atom stereocenters. The van der Waals surface area contributed by atoms with Gasteiger partial charge in [0.1, 0.15) is 13.2 Å². The Morgan fingerprint density at radius 2 is 0.922 bits per heavy atom. The Kier molecular flexibility index (Phi) is 44.6. The van der Waals surface area contributed by atoms with Crippen molar-refractivity contribution in [3.05, 3.63) is 72.9 Å². The van der Waals surface area contributed by atoms with E-state index >= 15 is 0 Å². The van der Waals surface area contributed by atoms with E-state index in [0.717, 1.165) is 57.8 Å². The number of nitrogens with zero attached hydrogens (tertiary/aromatic N) is 1. The number of unbranched alkanes of at least 4 members (excludes halogenated alkanes) is 22. The van der Waals surface area contributed by atoms with Crippen molar-refractivity contribution in [1.29, 1.82) is 0 Å². The number of phosphoric acid groups is 1. The first-order valence-corrected chi connectivity index (χ1v) is 27.7. The zero-order valence-electron chi connectivity index (χ0n) is 42.2. The van der Waals surface area contributed by atoms with E-state index in [0.29, 0.717) is 23.9 Å². The summed E-state index contributed by atoms with van der Waals surface area (Å²) in [4.78, 5) is 25.4. The smallest absolute Gasteiger partial charge is 0.268 e. The molecule has 0 bridgehead atoms. The average molecular weight is 917 g/mol. The molecule has 372 valence electrons. The number of aliphatic hydroxyl groups excluding tert-OH is 1. The van der Waals surface area contributed by atoms with Gasteiger partial charge in [0.05, 0.1) is 39.9 Å². The highest BCUT2D eigenvalue weighted by molar-refractivity contribution is 7.45. The van der Waals surface area contributed by atoms with Gasteiger partial charge in [-0.25, -0.2) is 0 Å². The molecule has 0 aliphatic rings. The minimum Gasteiger partial charge on any atom is -0.756 e. The van der Waals surface area contributed by atoms with Crippen molar-refractivity contribution in [3.63, 3.8) is 0 Å². The highest BCUT2D eigenvalue weighted by Gasteiger charge is 2.24. The van der Waals surface area contributed by atoms with Gasteiger partial charge >= 0.3 is 0 Å². The summed E-state index contributed by atoms with van der Waals surface area (Å²) in [5, 5.41) is 13.9. The van der Waals surface area contributed by atoms with Gasteiger partial charge in [0, 0.05) is 6.42 Å². The van der Waals surface area contributed by atoms with Crippen LogP contribution in [0, 0.1) is 0 Å². The number of quaternary nitrogens is 1. The molecule has 9 heteroatoms. The number of nitrogens with one attached hydrogen (secondary N) is 1. The van der Waals surface area contributed by atoms with E-state index in [1.54, 1.807) is 0 Å². The van der Waals surface area contributed by atoms with Crippen molar-refractivity contribution in [3.8, 4) is 0 Å². The topological polar surface area (TPSA) is 108 Å². The van der Waals surface area contributed by atoms with Crippen molar-refractivity contribution in [2.45, 2.75) is 231 Å². The minimum atomic E-state index is -4.59. The van der Waals surface area contributed by atoms with Crippen LogP contribution in [0.25, 0.3) is 0 Å². The Morgan fingerprint density at radius 3 is 1.30 bits per heavy atom. The number of carbonyl (C=O) groups excluding carboxylic acids is 1. The fraction of sp³-hybridized carbons (Fsp3) is 0.764. The molecule has 0 aromatic carbocycles. The first-order valence-electron chi connectivity index (χ1n) is 26.3. The number of likely N-dealkylation sites (N-methyl/N-ethyl adjacent to an activating group) is 1. The lowest BCUT2D eigenvalue weighted by molar-refractivity contribution is -0.870. The largest absolute Gasteiger partial charge is 0.756 e. The highest BCUT2D eigenvalue weighted by atomic mass is 31.2. The standard InChI is InChI=1S/C55H101N2O6P/c1-6-8-10-12-14-16-18-20-22-24-26-27-28-29-31-32-34-36-38-40-42-44-46-48-54(58)53(52-63-64(60,61)62-51-50-57(3,4)5)56-55(59)49-47-45-43-41-39-37-35-33-30-25-23-21-19-17-15-13-11-9-7-2/h9,11,15,17,21,23,30,33,37,39,43,45,53-54,58H,6-8,10,12-14,16,18-20,22,24-29,31-32,34-36,38,40-42,44,46-52H2,1-5H3,(H-,56,59,60,61)/b11-9-,17-15-,23-21-,33-30-,39-37-,45-43-. The summed E-state index contributed by atoms with van der Waals surface area (Å²) < 4.78 is 23.3. The fourth-order valence-electron chi connectivity index (χ4n) is 7.36. The van der Waals surface area contributed by atoms with E-state index in [4.69, 9.17) is 9.05 Å². The van der Waals surface area contributed by atoms with Crippen LogP contribution < -0.4 is 10.2 Å². The van der Waals surface area contributed by atoms with Gasteiger partial charge in [-0.1, -0.05) is 234 Å².